The topological polar surface area (TPSA) is 80.9 Å². The molecule has 0 aliphatic heterocycles. The van der Waals surface area contributed by atoms with Gasteiger partial charge in [0, 0.05) is 0 Å². The lowest BCUT2D eigenvalue weighted by Crippen LogP contribution is -2.19. The van der Waals surface area contributed by atoms with Gasteiger partial charge >= 0.3 is 0 Å². The minimum absolute atomic E-state index is 0.193. The van der Waals surface area contributed by atoms with Gasteiger partial charge in [0.05, 0.1) is 25.4 Å². The summed E-state index contributed by atoms with van der Waals surface area (Å²) in [6.45, 7) is -0.674. The molecule has 0 aromatic heterocycles. The zero-order chi connectivity index (χ0) is 7.98. The van der Waals surface area contributed by atoms with E-state index < -0.39 is 12.2 Å². The van der Waals surface area contributed by atoms with E-state index in [1.165, 1.54) is 6.42 Å². The summed E-state index contributed by atoms with van der Waals surface area (Å²) in [7, 11) is 0. The van der Waals surface area contributed by atoms with E-state index in [0.717, 1.165) is 0 Å². The first-order valence-electron chi connectivity index (χ1n) is 3.12. The van der Waals surface area contributed by atoms with Crippen molar-refractivity contribution in [2.24, 2.45) is 0 Å². The number of aliphatic hydroxyl groups is 4. The van der Waals surface area contributed by atoms with Gasteiger partial charge in [0.2, 0.25) is 0 Å². The Hall–Kier alpha value is -0.160. The van der Waals surface area contributed by atoms with Crippen LogP contribution in [0, 0.1) is 6.42 Å². The average molecular weight is 149 g/mol. The summed E-state index contributed by atoms with van der Waals surface area (Å²) in [5.41, 5.74) is 0. The van der Waals surface area contributed by atoms with Crippen molar-refractivity contribution >= 4 is 0 Å². The molecule has 4 N–H and O–H groups in total. The highest BCUT2D eigenvalue weighted by Crippen LogP contribution is 1.98. The molecule has 4 nitrogen and oxygen atoms in total. The Kier molecular flexibility index (Phi) is 5.52. The molecule has 0 bridgehead atoms. The first-order chi connectivity index (χ1) is 4.70. The van der Waals surface area contributed by atoms with Crippen molar-refractivity contribution in [3.63, 3.8) is 0 Å². The molecule has 0 rings (SSSR count). The maximum atomic E-state index is 8.73. The third kappa shape index (κ3) is 4.69. The van der Waals surface area contributed by atoms with Crippen LogP contribution in [-0.2, 0) is 0 Å². The Bertz CT molecular complexity index is 66.1. The quantitative estimate of drug-likeness (QED) is 0.375. The Labute approximate surface area is 59.7 Å². The van der Waals surface area contributed by atoms with Gasteiger partial charge in [0.1, 0.15) is 0 Å². The number of rotatable bonds is 5. The lowest BCUT2D eigenvalue weighted by molar-refractivity contribution is 0.0751. The molecule has 4 heteroatoms. The molecular formula is C6H13O4. The molecule has 0 amide bonds. The predicted octanol–water partition coefficient (Wildman–Crippen LogP) is -1.71. The lowest BCUT2D eigenvalue weighted by atomic mass is 10.1. The van der Waals surface area contributed by atoms with Gasteiger partial charge in [-0.05, 0) is 12.8 Å². The Morgan fingerprint density at radius 2 is 1.70 bits per heavy atom. The van der Waals surface area contributed by atoms with E-state index in [-0.39, 0.29) is 19.6 Å². The van der Waals surface area contributed by atoms with Crippen LogP contribution in [0.4, 0.5) is 0 Å². The molecular weight excluding hydrogens is 136 g/mol. The molecule has 61 valence electrons. The molecule has 0 aromatic rings. The fourth-order valence-electron chi connectivity index (χ4n) is 0.463. The Morgan fingerprint density at radius 1 is 1.10 bits per heavy atom. The van der Waals surface area contributed by atoms with E-state index >= 15 is 0 Å². The molecule has 0 saturated heterocycles. The van der Waals surface area contributed by atoms with E-state index in [2.05, 4.69) is 0 Å². The molecule has 0 spiro atoms. The highest BCUT2D eigenvalue weighted by Gasteiger charge is 2.06. The summed E-state index contributed by atoms with van der Waals surface area (Å²) in [5.74, 6) is 0. The molecule has 0 aromatic carbocycles. The van der Waals surface area contributed by atoms with Crippen molar-refractivity contribution in [3.8, 4) is 0 Å². The van der Waals surface area contributed by atoms with Crippen LogP contribution in [0.2, 0.25) is 0 Å². The second-order valence-electron chi connectivity index (χ2n) is 2.06. The summed E-state index contributed by atoms with van der Waals surface area (Å²) in [6.07, 6.45) is -0.193. The molecule has 1 radical (unpaired) electrons. The van der Waals surface area contributed by atoms with E-state index in [4.69, 9.17) is 20.4 Å². The van der Waals surface area contributed by atoms with Crippen LogP contribution in [0.25, 0.3) is 0 Å². The first-order valence-corrected chi connectivity index (χ1v) is 3.12. The van der Waals surface area contributed by atoms with Crippen LogP contribution in [-0.4, -0.2) is 45.8 Å². The fraction of sp³-hybridized carbons (Fsp3) is 0.833. The van der Waals surface area contributed by atoms with Crippen LogP contribution < -0.4 is 0 Å². The molecule has 0 saturated carbocycles. The van der Waals surface area contributed by atoms with Gasteiger partial charge in [-0.1, -0.05) is 0 Å². The van der Waals surface area contributed by atoms with Gasteiger partial charge < -0.3 is 20.4 Å². The van der Waals surface area contributed by atoms with Crippen molar-refractivity contribution in [1.29, 1.82) is 0 Å². The number of hydrogen-bond donors (Lipinski definition) is 4. The fourth-order valence-corrected chi connectivity index (χ4v) is 0.463. The Balaban J connectivity index is 3.17. The van der Waals surface area contributed by atoms with Crippen molar-refractivity contribution in [1.82, 2.24) is 0 Å². The van der Waals surface area contributed by atoms with Crippen LogP contribution >= 0.6 is 0 Å². The van der Waals surface area contributed by atoms with E-state index in [1.54, 1.807) is 0 Å². The summed E-state index contributed by atoms with van der Waals surface area (Å²) < 4.78 is 0. The van der Waals surface area contributed by atoms with Crippen molar-refractivity contribution in [2.45, 2.75) is 18.6 Å². The summed E-state index contributed by atoms with van der Waals surface area (Å²) >= 11 is 0. The van der Waals surface area contributed by atoms with Gasteiger partial charge in [-0.3, -0.25) is 0 Å². The molecule has 0 aliphatic rings. The van der Waals surface area contributed by atoms with Crippen LogP contribution in [0.5, 0.6) is 0 Å². The van der Waals surface area contributed by atoms with Gasteiger partial charge in [-0.2, -0.15) is 0 Å². The van der Waals surface area contributed by atoms with Crippen molar-refractivity contribution in [2.75, 3.05) is 13.2 Å². The summed E-state index contributed by atoms with van der Waals surface area (Å²) in [6, 6.07) is 0. The molecule has 0 fully saturated rings. The Morgan fingerprint density at radius 3 is 2.10 bits per heavy atom. The largest absolute Gasteiger partial charge is 0.394 e. The summed E-state index contributed by atoms with van der Waals surface area (Å²) in [4.78, 5) is 0. The van der Waals surface area contributed by atoms with Crippen molar-refractivity contribution in [3.05, 3.63) is 6.42 Å². The zero-order valence-electron chi connectivity index (χ0n) is 5.64. The molecule has 2 atom stereocenters. The third-order valence-corrected chi connectivity index (χ3v) is 1.08. The van der Waals surface area contributed by atoms with Crippen LogP contribution in [0.1, 0.15) is 6.42 Å². The summed E-state index contributed by atoms with van der Waals surface area (Å²) in [5, 5.41) is 34.0. The molecule has 10 heavy (non-hydrogen) atoms. The van der Waals surface area contributed by atoms with Crippen molar-refractivity contribution < 1.29 is 20.4 Å². The zero-order valence-corrected chi connectivity index (χ0v) is 5.64. The van der Waals surface area contributed by atoms with E-state index in [0.29, 0.717) is 0 Å². The third-order valence-electron chi connectivity index (χ3n) is 1.08. The SMILES string of the molecule is OCC(O)[CH]CC(O)CO. The smallest absolute Gasteiger partial charge is 0.0803 e. The minimum Gasteiger partial charge on any atom is -0.394 e. The number of aliphatic hydroxyl groups excluding tert-OH is 4. The second kappa shape index (κ2) is 5.61. The molecule has 2 unspecified atom stereocenters. The molecule has 0 aliphatic carbocycles. The maximum absolute atomic E-state index is 8.73. The minimum atomic E-state index is -0.902. The van der Waals surface area contributed by atoms with E-state index in [1.807, 2.05) is 0 Å². The monoisotopic (exact) mass is 149 g/mol. The van der Waals surface area contributed by atoms with Gasteiger partial charge in [0.15, 0.2) is 0 Å². The van der Waals surface area contributed by atoms with Crippen LogP contribution in [0.3, 0.4) is 0 Å². The van der Waals surface area contributed by atoms with Crippen LogP contribution in [0.15, 0.2) is 0 Å². The van der Waals surface area contributed by atoms with Gasteiger partial charge in [0.25, 0.3) is 0 Å². The van der Waals surface area contributed by atoms with Gasteiger partial charge in [-0.15, -0.1) is 0 Å². The lowest BCUT2D eigenvalue weighted by Gasteiger charge is -2.08. The number of hydrogen-bond acceptors (Lipinski definition) is 4. The predicted molar refractivity (Wildman–Crippen MR) is 35.1 cm³/mol. The first kappa shape index (κ1) is 9.84. The molecule has 0 heterocycles. The normalized spacial score (nSPS) is 16.8. The highest BCUT2D eigenvalue weighted by atomic mass is 16.3. The van der Waals surface area contributed by atoms with E-state index in [9.17, 15) is 0 Å². The standard InChI is InChI=1S/C6H13O4/c7-3-5(9)1-2-6(10)4-8/h1,5-10H,2-4H2. The highest BCUT2D eigenvalue weighted by molar-refractivity contribution is 4.77. The second-order valence-corrected chi connectivity index (χ2v) is 2.06. The van der Waals surface area contributed by atoms with Gasteiger partial charge in [-0.25, -0.2) is 0 Å². The average Bonchev–Trinajstić information content (AvgIpc) is 1.99. The maximum Gasteiger partial charge on any atom is 0.0803 e.